The van der Waals surface area contributed by atoms with Gasteiger partial charge < -0.3 is 15.0 Å². The van der Waals surface area contributed by atoms with Crippen LogP contribution in [-0.2, 0) is 4.79 Å². The van der Waals surface area contributed by atoms with E-state index in [2.05, 4.69) is 19.2 Å². The molecule has 1 aliphatic rings. The number of piperidine rings is 1. The van der Waals surface area contributed by atoms with Crippen LogP contribution >= 0.6 is 0 Å². The lowest BCUT2D eigenvalue weighted by Crippen LogP contribution is -2.49. The Kier molecular flexibility index (Phi) is 6.12. The molecule has 2 atom stereocenters. The quantitative estimate of drug-likeness (QED) is 0.866. The van der Waals surface area contributed by atoms with E-state index in [1.807, 2.05) is 23.1 Å². The molecule has 1 saturated heterocycles. The van der Waals surface area contributed by atoms with Crippen LogP contribution in [0.5, 0.6) is 5.75 Å². The first-order chi connectivity index (χ1) is 13.0. The van der Waals surface area contributed by atoms with Gasteiger partial charge in [0, 0.05) is 23.3 Å². The van der Waals surface area contributed by atoms with E-state index in [0.717, 1.165) is 12.8 Å². The number of nitrogens with one attached hydrogen (secondary N) is 1. The summed E-state index contributed by atoms with van der Waals surface area (Å²) in [6.45, 7) is 4.22. The number of nitrogens with zero attached hydrogens (tertiary/aromatic N) is 1. The molecule has 1 N–H and O–H groups in total. The smallest absolute Gasteiger partial charge is 0.260 e. The molecule has 1 aliphatic heterocycles. The first-order valence-electron chi connectivity index (χ1n) is 9.45. The van der Waals surface area contributed by atoms with Crippen LogP contribution in [0.3, 0.4) is 0 Å². The maximum atomic E-state index is 12.5. The van der Waals surface area contributed by atoms with Crippen LogP contribution in [0.1, 0.15) is 43.5 Å². The standard InChI is InChI=1S/C22H26N2O3/c1-16-7-6-8-17(2)24(16)21(25)15-27-20-13-11-19(12-14-20)23-22(26)18-9-4-3-5-10-18/h3-5,9-14,16-17H,6-8,15H2,1-2H3,(H,23,26)/t16-,17-/m1/s1. The first-order valence-corrected chi connectivity index (χ1v) is 9.45. The van der Waals surface area contributed by atoms with Gasteiger partial charge in [-0.05, 0) is 69.5 Å². The van der Waals surface area contributed by atoms with Crippen LogP contribution < -0.4 is 10.1 Å². The van der Waals surface area contributed by atoms with Crippen LogP contribution in [0, 0.1) is 0 Å². The Hall–Kier alpha value is -2.82. The molecule has 0 radical (unpaired) electrons. The zero-order chi connectivity index (χ0) is 19.2. The summed E-state index contributed by atoms with van der Waals surface area (Å²) in [7, 11) is 0. The molecule has 2 aromatic rings. The van der Waals surface area contributed by atoms with Gasteiger partial charge in [0.05, 0.1) is 0 Å². The second-order valence-electron chi connectivity index (χ2n) is 7.06. The van der Waals surface area contributed by atoms with Crippen LogP contribution in [0.2, 0.25) is 0 Å². The van der Waals surface area contributed by atoms with E-state index in [1.54, 1.807) is 36.4 Å². The summed E-state index contributed by atoms with van der Waals surface area (Å²) in [5.41, 5.74) is 1.29. The van der Waals surface area contributed by atoms with Gasteiger partial charge in [-0.25, -0.2) is 0 Å². The van der Waals surface area contributed by atoms with E-state index < -0.39 is 0 Å². The Morgan fingerprint density at radius 3 is 2.26 bits per heavy atom. The Balaban J connectivity index is 1.53. The minimum atomic E-state index is -0.160. The SMILES string of the molecule is C[C@@H]1CCC[C@@H](C)N1C(=O)COc1ccc(NC(=O)c2ccccc2)cc1. The van der Waals surface area contributed by atoms with Crippen molar-refractivity contribution in [2.24, 2.45) is 0 Å². The van der Waals surface area contributed by atoms with E-state index in [-0.39, 0.29) is 30.5 Å². The van der Waals surface area contributed by atoms with Gasteiger partial charge in [-0.2, -0.15) is 0 Å². The van der Waals surface area contributed by atoms with E-state index in [0.29, 0.717) is 17.0 Å². The summed E-state index contributed by atoms with van der Waals surface area (Å²) < 4.78 is 5.66. The van der Waals surface area contributed by atoms with Crippen molar-refractivity contribution in [1.82, 2.24) is 4.90 Å². The van der Waals surface area contributed by atoms with Gasteiger partial charge in [0.1, 0.15) is 5.75 Å². The monoisotopic (exact) mass is 366 g/mol. The number of likely N-dealkylation sites (tertiary alicyclic amines) is 1. The Morgan fingerprint density at radius 1 is 1.00 bits per heavy atom. The zero-order valence-electron chi connectivity index (χ0n) is 15.9. The number of anilines is 1. The molecule has 27 heavy (non-hydrogen) atoms. The molecule has 0 spiro atoms. The minimum Gasteiger partial charge on any atom is -0.484 e. The van der Waals surface area contributed by atoms with Crippen molar-refractivity contribution in [1.29, 1.82) is 0 Å². The second kappa shape index (κ2) is 8.71. The average Bonchev–Trinajstić information content (AvgIpc) is 2.68. The third kappa shape index (κ3) is 4.88. The molecule has 0 saturated carbocycles. The highest BCUT2D eigenvalue weighted by atomic mass is 16.5. The van der Waals surface area contributed by atoms with Crippen molar-refractivity contribution in [2.75, 3.05) is 11.9 Å². The number of amides is 2. The average molecular weight is 366 g/mol. The summed E-state index contributed by atoms with van der Waals surface area (Å²) in [4.78, 5) is 26.6. The maximum absolute atomic E-state index is 12.5. The largest absolute Gasteiger partial charge is 0.484 e. The Labute approximate surface area is 160 Å². The number of hydrogen-bond donors (Lipinski definition) is 1. The Bertz CT molecular complexity index is 764. The molecular weight excluding hydrogens is 340 g/mol. The van der Waals surface area contributed by atoms with Crippen molar-refractivity contribution in [3.8, 4) is 5.75 Å². The lowest BCUT2D eigenvalue weighted by Gasteiger charge is -2.38. The fraction of sp³-hybridized carbons (Fsp3) is 0.364. The van der Waals surface area contributed by atoms with Crippen molar-refractivity contribution in [3.63, 3.8) is 0 Å². The van der Waals surface area contributed by atoms with Crippen molar-refractivity contribution >= 4 is 17.5 Å². The number of benzene rings is 2. The van der Waals surface area contributed by atoms with Crippen LogP contribution in [0.4, 0.5) is 5.69 Å². The summed E-state index contributed by atoms with van der Waals surface area (Å²) in [6, 6.07) is 16.6. The number of carbonyl (C=O) groups is 2. The maximum Gasteiger partial charge on any atom is 0.260 e. The van der Waals surface area contributed by atoms with Gasteiger partial charge >= 0.3 is 0 Å². The van der Waals surface area contributed by atoms with E-state index >= 15 is 0 Å². The second-order valence-corrected chi connectivity index (χ2v) is 7.06. The van der Waals surface area contributed by atoms with Crippen LogP contribution in [0.15, 0.2) is 54.6 Å². The van der Waals surface area contributed by atoms with Gasteiger partial charge in [-0.1, -0.05) is 18.2 Å². The number of carbonyl (C=O) groups excluding carboxylic acids is 2. The van der Waals surface area contributed by atoms with Crippen molar-refractivity contribution < 1.29 is 14.3 Å². The normalized spacial score (nSPS) is 19.4. The lowest BCUT2D eigenvalue weighted by atomic mass is 9.97. The summed E-state index contributed by atoms with van der Waals surface area (Å²) >= 11 is 0. The third-order valence-corrected chi connectivity index (χ3v) is 4.99. The molecule has 1 fully saturated rings. The fourth-order valence-electron chi connectivity index (χ4n) is 3.56. The van der Waals surface area contributed by atoms with Crippen molar-refractivity contribution in [2.45, 2.75) is 45.2 Å². The van der Waals surface area contributed by atoms with Gasteiger partial charge in [-0.15, -0.1) is 0 Å². The molecule has 142 valence electrons. The molecule has 5 nitrogen and oxygen atoms in total. The summed E-state index contributed by atoms with van der Waals surface area (Å²) in [5.74, 6) is 0.474. The molecule has 1 heterocycles. The number of rotatable bonds is 5. The third-order valence-electron chi connectivity index (χ3n) is 4.99. The lowest BCUT2D eigenvalue weighted by molar-refractivity contribution is -0.139. The zero-order valence-corrected chi connectivity index (χ0v) is 15.9. The first kappa shape index (κ1) is 19.0. The van der Waals surface area contributed by atoms with E-state index in [1.165, 1.54) is 6.42 Å². The number of hydrogen-bond acceptors (Lipinski definition) is 3. The molecule has 0 unspecified atom stereocenters. The minimum absolute atomic E-state index is 0.0242. The number of ether oxygens (including phenoxy) is 1. The van der Waals surface area contributed by atoms with Crippen LogP contribution in [-0.4, -0.2) is 35.4 Å². The molecule has 0 aliphatic carbocycles. The molecule has 0 aromatic heterocycles. The molecule has 0 bridgehead atoms. The fourth-order valence-corrected chi connectivity index (χ4v) is 3.56. The molecule has 2 amide bonds. The predicted molar refractivity (Wildman–Crippen MR) is 106 cm³/mol. The highest BCUT2D eigenvalue weighted by molar-refractivity contribution is 6.04. The summed E-state index contributed by atoms with van der Waals surface area (Å²) in [6.07, 6.45) is 3.26. The van der Waals surface area contributed by atoms with Gasteiger partial charge in [0.25, 0.3) is 11.8 Å². The highest BCUT2D eigenvalue weighted by Crippen LogP contribution is 2.23. The Morgan fingerprint density at radius 2 is 1.63 bits per heavy atom. The highest BCUT2D eigenvalue weighted by Gasteiger charge is 2.28. The van der Waals surface area contributed by atoms with Gasteiger partial charge in [0.15, 0.2) is 6.61 Å². The molecule has 3 rings (SSSR count). The molecule has 5 heteroatoms. The van der Waals surface area contributed by atoms with Gasteiger partial charge in [0.2, 0.25) is 0 Å². The summed E-state index contributed by atoms with van der Waals surface area (Å²) in [5, 5.41) is 2.84. The van der Waals surface area contributed by atoms with E-state index in [4.69, 9.17) is 4.74 Å². The predicted octanol–water partition coefficient (Wildman–Crippen LogP) is 4.11. The van der Waals surface area contributed by atoms with E-state index in [9.17, 15) is 9.59 Å². The topological polar surface area (TPSA) is 58.6 Å². The van der Waals surface area contributed by atoms with Crippen molar-refractivity contribution in [3.05, 3.63) is 60.2 Å². The molecular formula is C22H26N2O3. The van der Waals surface area contributed by atoms with Crippen LogP contribution in [0.25, 0.3) is 0 Å². The molecule has 2 aromatic carbocycles. The van der Waals surface area contributed by atoms with Gasteiger partial charge in [-0.3, -0.25) is 9.59 Å².